The van der Waals surface area contributed by atoms with Crippen molar-refractivity contribution in [2.75, 3.05) is 5.73 Å². The molecule has 0 radical (unpaired) electrons. The molecule has 84 valence electrons. The average Bonchev–Trinajstić information content (AvgIpc) is 2.35. The van der Waals surface area contributed by atoms with Crippen LogP contribution in [-0.4, -0.2) is 9.97 Å². The maximum Gasteiger partial charge on any atom is 0.237 e. The second-order valence-corrected chi connectivity index (χ2v) is 3.47. The summed E-state index contributed by atoms with van der Waals surface area (Å²) < 4.78 is 5.48. The first-order chi connectivity index (χ1) is 8.19. The van der Waals surface area contributed by atoms with Crippen LogP contribution in [0.3, 0.4) is 0 Å². The molecule has 1 heterocycles. The molecular weight excluding hydrogens is 216 g/mol. The lowest BCUT2D eigenvalue weighted by atomic mass is 10.2. The first-order valence-electron chi connectivity index (χ1n) is 4.95. The summed E-state index contributed by atoms with van der Waals surface area (Å²) in [5.41, 5.74) is 7.60. The van der Waals surface area contributed by atoms with Gasteiger partial charge in [0.1, 0.15) is 11.8 Å². The molecule has 17 heavy (non-hydrogen) atoms. The molecule has 0 aliphatic carbocycles. The number of benzene rings is 1. The molecule has 1 aromatic carbocycles. The van der Waals surface area contributed by atoms with Gasteiger partial charge in [-0.05, 0) is 30.7 Å². The van der Waals surface area contributed by atoms with E-state index in [9.17, 15) is 0 Å². The summed E-state index contributed by atoms with van der Waals surface area (Å²) in [6, 6.07) is 7.22. The molecule has 1 aromatic heterocycles. The molecule has 0 aliphatic heterocycles. The molecule has 0 aliphatic rings. The number of nitrogens with two attached hydrogens (primary N) is 1. The summed E-state index contributed by atoms with van der Waals surface area (Å²) in [5.74, 6) is 0.976. The normalized spacial score (nSPS) is 9.65. The number of nitrogens with zero attached hydrogens (tertiary/aromatic N) is 3. The van der Waals surface area contributed by atoms with Gasteiger partial charge in [-0.25, -0.2) is 9.97 Å². The Morgan fingerprint density at radius 3 is 2.71 bits per heavy atom. The zero-order valence-electron chi connectivity index (χ0n) is 9.21. The molecule has 2 rings (SSSR count). The van der Waals surface area contributed by atoms with Gasteiger partial charge in [0.05, 0.1) is 12.4 Å². The standard InChI is InChI=1S/C12H10N4O/c1-8-4-10(2-3-11(8)14)17-12-7-15-9(5-13)6-16-12/h2-4,6-7H,14H2,1H3. The van der Waals surface area contributed by atoms with Crippen LogP contribution in [-0.2, 0) is 0 Å². The van der Waals surface area contributed by atoms with Gasteiger partial charge < -0.3 is 10.5 Å². The predicted molar refractivity (Wildman–Crippen MR) is 62.4 cm³/mol. The highest BCUT2D eigenvalue weighted by Crippen LogP contribution is 2.22. The highest BCUT2D eigenvalue weighted by atomic mass is 16.5. The van der Waals surface area contributed by atoms with Crippen LogP contribution in [0.15, 0.2) is 30.6 Å². The number of aromatic nitrogens is 2. The number of hydrogen-bond donors (Lipinski definition) is 1. The summed E-state index contributed by atoms with van der Waals surface area (Å²) in [6.45, 7) is 1.90. The molecule has 0 amide bonds. The first kappa shape index (κ1) is 10.9. The Bertz CT molecular complexity index is 572. The SMILES string of the molecule is Cc1cc(Oc2cnc(C#N)cn2)ccc1N. The number of anilines is 1. The van der Waals surface area contributed by atoms with E-state index in [0.29, 0.717) is 17.3 Å². The minimum atomic E-state index is 0.255. The molecule has 0 unspecified atom stereocenters. The second-order valence-electron chi connectivity index (χ2n) is 3.47. The number of rotatable bonds is 2. The van der Waals surface area contributed by atoms with E-state index in [1.54, 1.807) is 12.1 Å². The number of ether oxygens (including phenoxy) is 1. The molecule has 0 saturated carbocycles. The molecule has 0 bridgehead atoms. The fraction of sp³-hybridized carbons (Fsp3) is 0.0833. The van der Waals surface area contributed by atoms with Crippen LogP contribution < -0.4 is 10.5 Å². The summed E-state index contributed by atoms with van der Waals surface area (Å²) in [4.78, 5) is 7.82. The van der Waals surface area contributed by atoms with E-state index in [0.717, 1.165) is 5.56 Å². The van der Waals surface area contributed by atoms with Gasteiger partial charge in [0, 0.05) is 5.69 Å². The smallest absolute Gasteiger partial charge is 0.237 e. The van der Waals surface area contributed by atoms with Gasteiger partial charge in [-0.1, -0.05) is 0 Å². The first-order valence-corrected chi connectivity index (χ1v) is 4.95. The van der Waals surface area contributed by atoms with Crippen molar-refractivity contribution in [3.8, 4) is 17.7 Å². The third-order valence-electron chi connectivity index (χ3n) is 2.21. The van der Waals surface area contributed by atoms with E-state index < -0.39 is 0 Å². The zero-order chi connectivity index (χ0) is 12.3. The van der Waals surface area contributed by atoms with E-state index >= 15 is 0 Å². The molecule has 0 fully saturated rings. The van der Waals surface area contributed by atoms with E-state index in [-0.39, 0.29) is 5.69 Å². The summed E-state index contributed by atoms with van der Waals surface area (Å²) in [7, 11) is 0. The fourth-order valence-corrected chi connectivity index (χ4v) is 1.26. The number of aryl methyl sites for hydroxylation is 1. The van der Waals surface area contributed by atoms with Crippen LogP contribution in [0.1, 0.15) is 11.3 Å². The Morgan fingerprint density at radius 1 is 1.29 bits per heavy atom. The van der Waals surface area contributed by atoms with Crippen molar-refractivity contribution in [3.05, 3.63) is 41.9 Å². The maximum atomic E-state index is 8.58. The Labute approximate surface area is 98.5 Å². The lowest BCUT2D eigenvalue weighted by molar-refractivity contribution is 0.459. The largest absolute Gasteiger partial charge is 0.437 e. The topological polar surface area (TPSA) is 84.8 Å². The van der Waals surface area contributed by atoms with Crippen molar-refractivity contribution in [3.63, 3.8) is 0 Å². The third kappa shape index (κ3) is 2.49. The van der Waals surface area contributed by atoms with Crippen LogP contribution in [0.4, 0.5) is 5.69 Å². The van der Waals surface area contributed by atoms with Gasteiger partial charge in [-0.2, -0.15) is 5.26 Å². The minimum absolute atomic E-state index is 0.255. The molecule has 5 heteroatoms. The Kier molecular flexibility index (Phi) is 2.88. The van der Waals surface area contributed by atoms with Crippen molar-refractivity contribution in [1.82, 2.24) is 9.97 Å². The Hall–Kier alpha value is -2.61. The summed E-state index contributed by atoms with van der Waals surface area (Å²) in [5, 5.41) is 8.58. The molecule has 0 saturated heterocycles. The lowest BCUT2D eigenvalue weighted by Crippen LogP contribution is -1.93. The summed E-state index contributed by atoms with van der Waals surface area (Å²) >= 11 is 0. The van der Waals surface area contributed by atoms with Gasteiger partial charge in [-0.3, -0.25) is 0 Å². The van der Waals surface area contributed by atoms with Crippen molar-refractivity contribution in [1.29, 1.82) is 5.26 Å². The average molecular weight is 226 g/mol. The van der Waals surface area contributed by atoms with Crippen LogP contribution >= 0.6 is 0 Å². The number of hydrogen-bond acceptors (Lipinski definition) is 5. The molecule has 0 spiro atoms. The molecule has 2 aromatic rings. The van der Waals surface area contributed by atoms with Gasteiger partial charge in [0.15, 0.2) is 5.69 Å². The highest BCUT2D eigenvalue weighted by molar-refractivity contribution is 5.50. The number of nitriles is 1. The second kappa shape index (κ2) is 4.49. The van der Waals surface area contributed by atoms with Crippen LogP contribution in [0.25, 0.3) is 0 Å². The Balaban J connectivity index is 2.20. The molecular formula is C12H10N4O. The summed E-state index contributed by atoms with van der Waals surface area (Å²) in [6.07, 6.45) is 2.77. The highest BCUT2D eigenvalue weighted by Gasteiger charge is 2.01. The van der Waals surface area contributed by atoms with E-state index in [2.05, 4.69) is 9.97 Å². The molecule has 0 atom stereocenters. The van der Waals surface area contributed by atoms with Gasteiger partial charge in [0.25, 0.3) is 0 Å². The van der Waals surface area contributed by atoms with E-state index in [4.69, 9.17) is 15.7 Å². The molecule has 2 N–H and O–H groups in total. The maximum absolute atomic E-state index is 8.58. The van der Waals surface area contributed by atoms with Crippen LogP contribution in [0.2, 0.25) is 0 Å². The number of nitrogen functional groups attached to an aromatic ring is 1. The van der Waals surface area contributed by atoms with Crippen LogP contribution in [0, 0.1) is 18.3 Å². The minimum Gasteiger partial charge on any atom is -0.437 e. The predicted octanol–water partition coefficient (Wildman–Crippen LogP) is 2.03. The third-order valence-corrected chi connectivity index (χ3v) is 2.21. The van der Waals surface area contributed by atoms with Crippen molar-refractivity contribution in [2.45, 2.75) is 6.92 Å². The van der Waals surface area contributed by atoms with E-state index in [1.165, 1.54) is 12.4 Å². The lowest BCUT2D eigenvalue weighted by Gasteiger charge is -2.06. The Morgan fingerprint density at radius 2 is 2.12 bits per heavy atom. The molecule has 5 nitrogen and oxygen atoms in total. The van der Waals surface area contributed by atoms with Crippen molar-refractivity contribution < 1.29 is 4.74 Å². The van der Waals surface area contributed by atoms with Crippen LogP contribution in [0.5, 0.6) is 11.6 Å². The monoisotopic (exact) mass is 226 g/mol. The van der Waals surface area contributed by atoms with Crippen molar-refractivity contribution in [2.24, 2.45) is 0 Å². The van der Waals surface area contributed by atoms with Gasteiger partial charge in [-0.15, -0.1) is 0 Å². The quantitative estimate of drug-likeness (QED) is 0.792. The van der Waals surface area contributed by atoms with Crippen molar-refractivity contribution >= 4 is 5.69 Å². The zero-order valence-corrected chi connectivity index (χ0v) is 9.21. The van der Waals surface area contributed by atoms with E-state index in [1.807, 2.05) is 19.1 Å². The van der Waals surface area contributed by atoms with Gasteiger partial charge >= 0.3 is 0 Å². The van der Waals surface area contributed by atoms with Gasteiger partial charge in [0.2, 0.25) is 5.88 Å². The fourth-order valence-electron chi connectivity index (χ4n) is 1.26.